The Morgan fingerprint density at radius 3 is 2.90 bits per heavy atom. The summed E-state index contributed by atoms with van der Waals surface area (Å²) in [4.78, 5) is 22.6. The monoisotopic (exact) mass is 302 g/mol. The molecule has 0 saturated carbocycles. The molecule has 0 atom stereocenters. The number of amides is 1. The highest BCUT2D eigenvalue weighted by Gasteiger charge is 2.20. The molecule has 0 spiro atoms. The maximum absolute atomic E-state index is 11.9. The highest BCUT2D eigenvalue weighted by atomic mass is 32.1. The van der Waals surface area contributed by atoms with Gasteiger partial charge in [-0.2, -0.15) is 11.3 Å². The van der Waals surface area contributed by atoms with E-state index in [1.807, 2.05) is 16.8 Å². The number of nitrogens with zero attached hydrogens (tertiary/aromatic N) is 3. The molecule has 5 nitrogen and oxygen atoms in total. The van der Waals surface area contributed by atoms with E-state index in [4.69, 9.17) is 0 Å². The smallest absolute Gasteiger partial charge is 0.252 e. The van der Waals surface area contributed by atoms with Gasteiger partial charge in [-0.3, -0.25) is 9.78 Å². The summed E-state index contributed by atoms with van der Waals surface area (Å²) < 4.78 is 0. The zero-order valence-corrected chi connectivity index (χ0v) is 12.6. The molecule has 1 N–H and O–H groups in total. The summed E-state index contributed by atoms with van der Waals surface area (Å²) in [5.41, 5.74) is 0.761. The van der Waals surface area contributed by atoms with Gasteiger partial charge in [-0.15, -0.1) is 0 Å². The summed E-state index contributed by atoms with van der Waals surface area (Å²) >= 11 is 1.55. The Kier molecular flexibility index (Phi) is 4.45. The van der Waals surface area contributed by atoms with Crippen LogP contribution in [0.1, 0.15) is 23.2 Å². The average Bonchev–Trinajstić information content (AvgIpc) is 3.08. The number of rotatable bonds is 4. The van der Waals surface area contributed by atoms with Crippen LogP contribution in [-0.4, -0.2) is 35.5 Å². The first-order chi connectivity index (χ1) is 10.3. The molecule has 1 fully saturated rings. The van der Waals surface area contributed by atoms with E-state index in [9.17, 15) is 4.79 Å². The Labute approximate surface area is 128 Å². The summed E-state index contributed by atoms with van der Waals surface area (Å²) in [5, 5.41) is 6.84. The molecule has 3 rings (SSSR count). The number of hydrogen-bond acceptors (Lipinski definition) is 5. The van der Waals surface area contributed by atoms with Crippen LogP contribution in [0.15, 0.2) is 35.4 Å². The molecular weight excluding hydrogens is 284 g/mol. The van der Waals surface area contributed by atoms with Gasteiger partial charge in [0.05, 0.1) is 6.20 Å². The summed E-state index contributed by atoms with van der Waals surface area (Å²) in [6.45, 7) is 2.69. The lowest BCUT2D eigenvalue weighted by Crippen LogP contribution is -2.39. The lowest BCUT2D eigenvalue weighted by Gasteiger charge is -2.32. The Bertz CT molecular complexity index is 565. The molecule has 21 heavy (non-hydrogen) atoms. The third-order valence-electron chi connectivity index (χ3n) is 3.82. The van der Waals surface area contributed by atoms with Crippen molar-refractivity contribution < 1.29 is 4.79 Å². The molecular formula is C15H18N4OS. The van der Waals surface area contributed by atoms with E-state index < -0.39 is 0 Å². The predicted molar refractivity (Wildman–Crippen MR) is 83.6 cm³/mol. The molecule has 3 heterocycles. The highest BCUT2D eigenvalue weighted by molar-refractivity contribution is 7.08. The van der Waals surface area contributed by atoms with Crippen LogP contribution >= 0.6 is 11.3 Å². The molecule has 1 aliphatic heterocycles. The van der Waals surface area contributed by atoms with Gasteiger partial charge in [0, 0.05) is 43.0 Å². The largest absolute Gasteiger partial charge is 0.355 e. The van der Waals surface area contributed by atoms with Crippen molar-refractivity contribution in [2.24, 2.45) is 5.92 Å². The first-order valence-corrected chi connectivity index (χ1v) is 8.08. The first-order valence-electron chi connectivity index (χ1n) is 7.14. The second-order valence-corrected chi connectivity index (χ2v) is 6.00. The van der Waals surface area contributed by atoms with Gasteiger partial charge in [0.2, 0.25) is 0 Å². The van der Waals surface area contributed by atoms with E-state index in [-0.39, 0.29) is 5.91 Å². The molecule has 110 valence electrons. The van der Waals surface area contributed by atoms with Gasteiger partial charge in [-0.05, 0) is 30.2 Å². The van der Waals surface area contributed by atoms with Crippen molar-refractivity contribution in [3.8, 4) is 0 Å². The van der Waals surface area contributed by atoms with Crippen LogP contribution in [0.3, 0.4) is 0 Å². The summed E-state index contributed by atoms with van der Waals surface area (Å²) in [6, 6.07) is 1.86. The van der Waals surface area contributed by atoms with E-state index in [2.05, 4.69) is 20.2 Å². The zero-order valence-electron chi connectivity index (χ0n) is 11.7. The number of piperidine rings is 1. The number of hydrogen-bond donors (Lipinski definition) is 1. The summed E-state index contributed by atoms with van der Waals surface area (Å²) in [7, 11) is 0. The first kappa shape index (κ1) is 14.0. The van der Waals surface area contributed by atoms with E-state index in [0.717, 1.165) is 43.9 Å². The van der Waals surface area contributed by atoms with Crippen LogP contribution in [0.4, 0.5) is 5.82 Å². The van der Waals surface area contributed by atoms with E-state index in [1.165, 1.54) is 0 Å². The Morgan fingerprint density at radius 2 is 2.24 bits per heavy atom. The highest BCUT2D eigenvalue weighted by Crippen LogP contribution is 2.20. The molecule has 0 bridgehead atoms. The lowest BCUT2D eigenvalue weighted by atomic mass is 9.97. The average molecular weight is 302 g/mol. The maximum Gasteiger partial charge on any atom is 0.252 e. The minimum absolute atomic E-state index is 0.0348. The van der Waals surface area contributed by atoms with Crippen LogP contribution < -0.4 is 10.2 Å². The molecule has 6 heteroatoms. The quantitative estimate of drug-likeness (QED) is 0.940. The molecule has 1 amide bonds. The Balaban J connectivity index is 1.45. The predicted octanol–water partition coefficient (Wildman–Crippen LogP) is 2.18. The van der Waals surface area contributed by atoms with E-state index in [0.29, 0.717) is 5.92 Å². The Hall–Kier alpha value is -1.95. The molecule has 0 unspecified atom stereocenters. The van der Waals surface area contributed by atoms with Crippen molar-refractivity contribution in [3.05, 3.63) is 41.0 Å². The standard InChI is InChI=1S/C15H18N4OS/c20-15(13-3-8-21-11-13)18-9-12-1-6-19(7-2-12)14-10-16-4-5-17-14/h3-5,8,10-12H,1-2,6-7,9H2,(H,18,20). The minimum Gasteiger partial charge on any atom is -0.355 e. The fourth-order valence-electron chi connectivity index (χ4n) is 2.55. The zero-order chi connectivity index (χ0) is 14.5. The molecule has 0 aromatic carbocycles. The van der Waals surface area contributed by atoms with Gasteiger partial charge in [-0.1, -0.05) is 0 Å². The minimum atomic E-state index is 0.0348. The summed E-state index contributed by atoms with van der Waals surface area (Å²) in [5.74, 6) is 1.52. The van der Waals surface area contributed by atoms with Crippen molar-refractivity contribution in [2.75, 3.05) is 24.5 Å². The lowest BCUT2D eigenvalue weighted by molar-refractivity contribution is 0.0945. The summed E-state index contributed by atoms with van der Waals surface area (Å²) in [6.07, 6.45) is 7.36. The van der Waals surface area contributed by atoms with Gasteiger partial charge in [0.15, 0.2) is 0 Å². The second kappa shape index (κ2) is 6.67. The van der Waals surface area contributed by atoms with Gasteiger partial charge in [0.25, 0.3) is 5.91 Å². The van der Waals surface area contributed by atoms with Crippen LogP contribution in [0.2, 0.25) is 0 Å². The van der Waals surface area contributed by atoms with Crippen molar-refractivity contribution in [1.29, 1.82) is 0 Å². The number of aromatic nitrogens is 2. The van der Waals surface area contributed by atoms with Crippen molar-refractivity contribution >= 4 is 23.1 Å². The van der Waals surface area contributed by atoms with Gasteiger partial charge >= 0.3 is 0 Å². The van der Waals surface area contributed by atoms with Crippen LogP contribution in [0.5, 0.6) is 0 Å². The van der Waals surface area contributed by atoms with Crippen LogP contribution in [-0.2, 0) is 0 Å². The van der Waals surface area contributed by atoms with Gasteiger partial charge in [-0.25, -0.2) is 4.98 Å². The molecule has 1 aliphatic rings. The number of carbonyl (C=O) groups is 1. The van der Waals surface area contributed by atoms with Crippen LogP contribution in [0, 0.1) is 5.92 Å². The molecule has 0 radical (unpaired) electrons. The molecule has 1 saturated heterocycles. The number of anilines is 1. The van der Waals surface area contributed by atoms with E-state index in [1.54, 1.807) is 29.9 Å². The molecule has 2 aromatic rings. The topological polar surface area (TPSA) is 58.1 Å². The molecule has 2 aromatic heterocycles. The van der Waals surface area contributed by atoms with Gasteiger partial charge < -0.3 is 10.2 Å². The third kappa shape index (κ3) is 3.58. The number of carbonyl (C=O) groups excluding carboxylic acids is 1. The normalized spacial score (nSPS) is 15.9. The number of nitrogens with one attached hydrogen (secondary N) is 1. The van der Waals surface area contributed by atoms with E-state index >= 15 is 0 Å². The second-order valence-electron chi connectivity index (χ2n) is 5.22. The van der Waals surface area contributed by atoms with Crippen molar-refractivity contribution in [1.82, 2.24) is 15.3 Å². The third-order valence-corrected chi connectivity index (χ3v) is 4.51. The SMILES string of the molecule is O=C(NCC1CCN(c2cnccn2)CC1)c1ccsc1. The van der Waals surface area contributed by atoms with Crippen molar-refractivity contribution in [3.63, 3.8) is 0 Å². The van der Waals surface area contributed by atoms with Gasteiger partial charge in [0.1, 0.15) is 5.82 Å². The number of thiophene rings is 1. The Morgan fingerprint density at radius 1 is 1.38 bits per heavy atom. The van der Waals surface area contributed by atoms with Crippen LogP contribution in [0.25, 0.3) is 0 Å². The van der Waals surface area contributed by atoms with Crippen molar-refractivity contribution in [2.45, 2.75) is 12.8 Å². The fourth-order valence-corrected chi connectivity index (χ4v) is 3.19. The molecule has 0 aliphatic carbocycles. The maximum atomic E-state index is 11.9. The fraction of sp³-hybridized carbons (Fsp3) is 0.400.